The Bertz CT molecular complexity index is 1590. The van der Waals surface area contributed by atoms with E-state index in [1.54, 1.807) is 0 Å². The number of carbonyl (C=O) groups excluding carboxylic acids is 1. The van der Waals surface area contributed by atoms with Gasteiger partial charge in [0.2, 0.25) is 5.91 Å². The molecule has 5 aromatic carbocycles. The number of para-hydroxylation sites is 1. The van der Waals surface area contributed by atoms with Gasteiger partial charge in [0.1, 0.15) is 30.5 Å². The van der Waals surface area contributed by atoms with Crippen LogP contribution in [0.5, 0.6) is 11.5 Å². The van der Waals surface area contributed by atoms with Crippen LogP contribution in [0.2, 0.25) is 0 Å². The summed E-state index contributed by atoms with van der Waals surface area (Å²) >= 11 is 0. The summed E-state index contributed by atoms with van der Waals surface area (Å²) < 4.78 is 25.9. The lowest BCUT2D eigenvalue weighted by molar-refractivity contribution is -0.117. The van der Waals surface area contributed by atoms with Gasteiger partial charge < -0.3 is 14.8 Å². The Hall–Kier alpha value is -4.90. The van der Waals surface area contributed by atoms with E-state index in [0.717, 1.165) is 65.1 Å². The lowest BCUT2D eigenvalue weighted by Gasteiger charge is -2.20. The third-order valence-electron chi connectivity index (χ3n) is 7.81. The number of rotatable bonds is 16. The van der Waals surface area contributed by atoms with Crippen LogP contribution < -0.4 is 14.8 Å². The molecule has 5 aromatic rings. The van der Waals surface area contributed by atoms with E-state index in [1.807, 2.05) is 115 Å². The smallest absolute Gasteiger partial charge is 0.224 e. The quantitative estimate of drug-likeness (QED) is 0.115. The number of ether oxygens (including phenoxy) is 2. The maximum absolute atomic E-state index is 13.3. The SMILES string of the molecule is O=C(CC(CCCCc1ccc(F)cc1)Cc1ccc(OCc2ccccc2)cc1OCc1ccccc1)Nc1ccccc1. The number of nitrogens with one attached hydrogen (secondary N) is 1. The number of hydrogen-bond donors (Lipinski definition) is 1. The second kappa shape index (κ2) is 16.8. The number of hydrogen-bond acceptors (Lipinski definition) is 3. The van der Waals surface area contributed by atoms with Crippen molar-refractivity contribution in [3.8, 4) is 11.5 Å². The molecule has 4 nitrogen and oxygen atoms in total. The van der Waals surface area contributed by atoms with Crippen LogP contribution in [0, 0.1) is 11.7 Å². The Labute approximate surface area is 265 Å². The van der Waals surface area contributed by atoms with Crippen LogP contribution in [-0.4, -0.2) is 5.91 Å². The number of benzene rings is 5. The molecule has 1 amide bonds. The van der Waals surface area contributed by atoms with Gasteiger partial charge in [0, 0.05) is 18.2 Å². The van der Waals surface area contributed by atoms with Crippen molar-refractivity contribution in [2.75, 3.05) is 5.32 Å². The van der Waals surface area contributed by atoms with E-state index in [9.17, 15) is 9.18 Å². The second-order valence-electron chi connectivity index (χ2n) is 11.4. The van der Waals surface area contributed by atoms with Gasteiger partial charge in [-0.3, -0.25) is 4.79 Å². The first-order valence-electron chi connectivity index (χ1n) is 15.7. The van der Waals surface area contributed by atoms with Gasteiger partial charge in [-0.2, -0.15) is 0 Å². The molecule has 0 heterocycles. The summed E-state index contributed by atoms with van der Waals surface area (Å²) in [7, 11) is 0. The number of anilines is 1. The highest BCUT2D eigenvalue weighted by Gasteiger charge is 2.18. The molecule has 1 N–H and O–H groups in total. The van der Waals surface area contributed by atoms with E-state index < -0.39 is 0 Å². The Balaban J connectivity index is 1.30. The Kier molecular flexibility index (Phi) is 11.8. The van der Waals surface area contributed by atoms with E-state index in [4.69, 9.17) is 9.47 Å². The molecule has 0 bridgehead atoms. The van der Waals surface area contributed by atoms with Gasteiger partial charge in [0.25, 0.3) is 0 Å². The molecule has 0 fully saturated rings. The van der Waals surface area contributed by atoms with Gasteiger partial charge >= 0.3 is 0 Å². The number of aryl methyl sites for hydroxylation is 1. The minimum absolute atomic E-state index is 0.000645. The fourth-order valence-electron chi connectivity index (χ4n) is 5.40. The van der Waals surface area contributed by atoms with E-state index in [0.29, 0.717) is 26.1 Å². The minimum atomic E-state index is -0.218. The topological polar surface area (TPSA) is 47.6 Å². The zero-order valence-electron chi connectivity index (χ0n) is 25.5. The fraction of sp³-hybridized carbons (Fsp3) is 0.225. The summed E-state index contributed by atoms with van der Waals surface area (Å²) in [6, 6.07) is 42.5. The lowest BCUT2D eigenvalue weighted by Crippen LogP contribution is -2.18. The van der Waals surface area contributed by atoms with Crippen molar-refractivity contribution < 1.29 is 18.7 Å². The Morgan fingerprint density at radius 3 is 1.96 bits per heavy atom. The van der Waals surface area contributed by atoms with Crippen molar-refractivity contribution >= 4 is 11.6 Å². The maximum atomic E-state index is 13.3. The first-order chi connectivity index (χ1) is 22.1. The van der Waals surface area contributed by atoms with E-state index >= 15 is 0 Å². The molecule has 5 rings (SSSR count). The predicted octanol–water partition coefficient (Wildman–Crippen LogP) is 9.58. The van der Waals surface area contributed by atoms with Gasteiger partial charge in [0.05, 0.1) is 0 Å². The van der Waals surface area contributed by atoms with E-state index in [1.165, 1.54) is 12.1 Å². The molecule has 0 spiro atoms. The third-order valence-corrected chi connectivity index (χ3v) is 7.81. The summed E-state index contributed by atoms with van der Waals surface area (Å²) in [4.78, 5) is 13.2. The van der Waals surface area contributed by atoms with Crippen LogP contribution in [0.3, 0.4) is 0 Å². The molecular weight excluding hydrogens is 561 g/mol. The number of carbonyl (C=O) groups is 1. The molecule has 0 radical (unpaired) electrons. The molecule has 45 heavy (non-hydrogen) atoms. The van der Waals surface area contributed by atoms with Crippen molar-refractivity contribution in [2.24, 2.45) is 5.92 Å². The van der Waals surface area contributed by atoms with Crippen molar-refractivity contribution in [3.05, 3.63) is 162 Å². The summed E-state index contributed by atoms with van der Waals surface area (Å²) in [5.41, 5.74) is 5.15. The molecular formula is C40H40FNO3. The van der Waals surface area contributed by atoms with Gasteiger partial charge in [0.15, 0.2) is 0 Å². The van der Waals surface area contributed by atoms with Crippen LogP contribution in [0.25, 0.3) is 0 Å². The van der Waals surface area contributed by atoms with Crippen LogP contribution in [0.1, 0.15) is 47.9 Å². The van der Waals surface area contributed by atoms with Crippen LogP contribution in [0.4, 0.5) is 10.1 Å². The molecule has 0 saturated carbocycles. The zero-order valence-corrected chi connectivity index (χ0v) is 25.5. The highest BCUT2D eigenvalue weighted by Crippen LogP contribution is 2.31. The van der Waals surface area contributed by atoms with Gasteiger partial charge in [-0.25, -0.2) is 4.39 Å². The summed E-state index contributed by atoms with van der Waals surface area (Å²) in [5.74, 6) is 1.40. The van der Waals surface area contributed by atoms with Crippen LogP contribution in [0.15, 0.2) is 133 Å². The van der Waals surface area contributed by atoms with E-state index in [2.05, 4.69) is 11.4 Å². The molecule has 0 aliphatic heterocycles. The van der Waals surface area contributed by atoms with Gasteiger partial charge in [-0.05, 0) is 84.2 Å². The monoisotopic (exact) mass is 601 g/mol. The van der Waals surface area contributed by atoms with Gasteiger partial charge in [-0.15, -0.1) is 0 Å². The van der Waals surface area contributed by atoms with Crippen molar-refractivity contribution in [1.29, 1.82) is 0 Å². The Morgan fingerprint density at radius 2 is 1.29 bits per heavy atom. The van der Waals surface area contributed by atoms with Crippen molar-refractivity contribution in [2.45, 2.75) is 51.7 Å². The van der Waals surface area contributed by atoms with Crippen molar-refractivity contribution in [1.82, 2.24) is 0 Å². The summed E-state index contributed by atoms with van der Waals surface area (Å²) in [6.07, 6.45) is 4.78. The molecule has 1 atom stereocenters. The predicted molar refractivity (Wildman–Crippen MR) is 179 cm³/mol. The van der Waals surface area contributed by atoms with Gasteiger partial charge in [-0.1, -0.05) is 103 Å². The molecule has 230 valence electrons. The lowest BCUT2D eigenvalue weighted by atomic mass is 9.89. The molecule has 1 unspecified atom stereocenters. The molecule has 0 aliphatic carbocycles. The third kappa shape index (κ3) is 10.6. The average Bonchev–Trinajstić information content (AvgIpc) is 3.07. The largest absolute Gasteiger partial charge is 0.489 e. The first-order valence-corrected chi connectivity index (χ1v) is 15.7. The highest BCUT2D eigenvalue weighted by atomic mass is 19.1. The fourth-order valence-corrected chi connectivity index (χ4v) is 5.40. The van der Waals surface area contributed by atoms with Crippen LogP contribution in [-0.2, 0) is 30.8 Å². The molecule has 5 heteroatoms. The summed E-state index contributed by atoms with van der Waals surface area (Å²) in [6.45, 7) is 0.904. The Morgan fingerprint density at radius 1 is 0.667 bits per heavy atom. The normalized spacial score (nSPS) is 11.5. The number of unbranched alkanes of at least 4 members (excludes halogenated alkanes) is 1. The molecule has 0 saturated heterocycles. The average molecular weight is 602 g/mol. The zero-order chi connectivity index (χ0) is 31.1. The maximum Gasteiger partial charge on any atom is 0.224 e. The second-order valence-corrected chi connectivity index (χ2v) is 11.4. The van der Waals surface area contributed by atoms with E-state index in [-0.39, 0.29) is 17.6 Å². The standard InChI is InChI=1S/C40H40FNO3/c41-36-23-20-31(21-24-36)12-10-11-17-34(27-40(43)42-37-18-8-3-9-19-37)26-35-22-25-38(44-29-32-13-4-1-5-14-32)28-39(35)45-30-33-15-6-2-7-16-33/h1-9,13-16,18-25,28,34H,10-12,17,26-27,29-30H2,(H,42,43). The minimum Gasteiger partial charge on any atom is -0.489 e. The van der Waals surface area contributed by atoms with Crippen molar-refractivity contribution in [3.63, 3.8) is 0 Å². The van der Waals surface area contributed by atoms with Crippen LogP contribution >= 0.6 is 0 Å². The molecule has 0 aliphatic rings. The summed E-state index contributed by atoms with van der Waals surface area (Å²) in [5, 5.41) is 3.06. The first kappa shape index (κ1) is 31.5. The molecule has 0 aromatic heterocycles. The number of halogens is 1. The number of amides is 1. The highest BCUT2D eigenvalue weighted by molar-refractivity contribution is 5.90.